The first kappa shape index (κ1) is 20.3. The van der Waals surface area contributed by atoms with E-state index in [1.165, 1.54) is 12.0 Å². The van der Waals surface area contributed by atoms with E-state index in [1.807, 2.05) is 35.2 Å². The van der Waals surface area contributed by atoms with Crippen LogP contribution in [0.5, 0.6) is 0 Å². The van der Waals surface area contributed by atoms with Gasteiger partial charge in [0.05, 0.1) is 11.0 Å². The number of imidazole rings is 1. The lowest BCUT2D eigenvalue weighted by molar-refractivity contribution is 0.145. The maximum absolute atomic E-state index is 12.8. The molecule has 158 valence electrons. The van der Waals surface area contributed by atoms with E-state index in [1.54, 1.807) is 4.57 Å². The van der Waals surface area contributed by atoms with E-state index in [0.29, 0.717) is 19.1 Å². The summed E-state index contributed by atoms with van der Waals surface area (Å²) in [4.78, 5) is 29.9. The van der Waals surface area contributed by atoms with Gasteiger partial charge in [0.2, 0.25) is 0 Å². The van der Waals surface area contributed by atoms with Crippen LogP contribution in [0, 0.1) is 0 Å². The number of nitrogens with one attached hydrogen (secondary N) is 2. The molecule has 3 aromatic rings. The Balaban J connectivity index is 1.29. The predicted molar refractivity (Wildman–Crippen MR) is 120 cm³/mol. The number of amides is 2. The molecular weight excluding hydrogens is 376 g/mol. The van der Waals surface area contributed by atoms with Crippen molar-refractivity contribution in [1.29, 1.82) is 0 Å². The number of hydrogen-bond acceptors (Lipinski definition) is 2. The minimum Gasteiger partial charge on any atom is -0.336 e. The highest BCUT2D eigenvalue weighted by atomic mass is 16.2. The van der Waals surface area contributed by atoms with Gasteiger partial charge in [0.15, 0.2) is 0 Å². The van der Waals surface area contributed by atoms with Gasteiger partial charge in [-0.2, -0.15) is 0 Å². The summed E-state index contributed by atoms with van der Waals surface area (Å²) in [5, 5.41) is 3.03. The first-order valence-electron chi connectivity index (χ1n) is 11.0. The Bertz CT molecular complexity index is 1020. The monoisotopic (exact) mass is 406 g/mol. The summed E-state index contributed by atoms with van der Waals surface area (Å²) in [6.45, 7) is 1.71. The number of urea groups is 1. The number of carbonyl (C=O) groups excluding carboxylic acids is 1. The number of nitrogens with zero attached hydrogens (tertiary/aromatic N) is 2. The number of benzene rings is 2. The summed E-state index contributed by atoms with van der Waals surface area (Å²) in [5.74, 6) is 0. The molecule has 4 rings (SSSR count). The van der Waals surface area contributed by atoms with Gasteiger partial charge in [-0.3, -0.25) is 4.57 Å². The molecule has 6 nitrogen and oxygen atoms in total. The van der Waals surface area contributed by atoms with Gasteiger partial charge in [-0.1, -0.05) is 42.5 Å². The second kappa shape index (κ2) is 9.65. The molecule has 1 unspecified atom stereocenters. The number of likely N-dealkylation sites (tertiary alicyclic amines) is 1. The Labute approximate surface area is 176 Å². The van der Waals surface area contributed by atoms with Crippen LogP contribution in [-0.2, 0) is 13.0 Å². The van der Waals surface area contributed by atoms with Crippen LogP contribution in [0.25, 0.3) is 11.0 Å². The van der Waals surface area contributed by atoms with Crippen molar-refractivity contribution in [2.75, 3.05) is 13.1 Å². The van der Waals surface area contributed by atoms with Crippen LogP contribution < -0.4 is 11.0 Å². The summed E-state index contributed by atoms with van der Waals surface area (Å²) in [7, 11) is 0. The molecule has 2 heterocycles. The Morgan fingerprint density at radius 1 is 1.07 bits per heavy atom. The van der Waals surface area contributed by atoms with Gasteiger partial charge in [0.1, 0.15) is 0 Å². The maximum Gasteiger partial charge on any atom is 0.326 e. The Morgan fingerprint density at radius 3 is 2.73 bits per heavy atom. The van der Waals surface area contributed by atoms with Crippen molar-refractivity contribution in [2.24, 2.45) is 0 Å². The Kier molecular flexibility index (Phi) is 6.52. The number of rotatable bonds is 7. The number of carbonyl (C=O) groups is 1. The van der Waals surface area contributed by atoms with Crippen LogP contribution in [0.2, 0.25) is 0 Å². The van der Waals surface area contributed by atoms with Crippen molar-refractivity contribution < 1.29 is 4.79 Å². The minimum atomic E-state index is -0.137. The van der Waals surface area contributed by atoms with Crippen molar-refractivity contribution in [3.05, 3.63) is 70.6 Å². The van der Waals surface area contributed by atoms with Crippen LogP contribution >= 0.6 is 0 Å². The molecule has 30 heavy (non-hydrogen) atoms. The molecule has 1 aromatic heterocycles. The number of aryl methyl sites for hydroxylation is 1. The van der Waals surface area contributed by atoms with Crippen LogP contribution in [0.1, 0.15) is 37.7 Å². The van der Waals surface area contributed by atoms with Gasteiger partial charge in [0, 0.05) is 25.7 Å². The quantitative estimate of drug-likeness (QED) is 0.624. The molecule has 0 radical (unpaired) electrons. The van der Waals surface area contributed by atoms with Gasteiger partial charge in [0.25, 0.3) is 0 Å². The van der Waals surface area contributed by atoms with E-state index >= 15 is 0 Å². The minimum absolute atomic E-state index is 0.00713. The lowest BCUT2D eigenvalue weighted by Gasteiger charge is -2.36. The number of aromatic amines is 1. The molecule has 0 spiro atoms. The third-order valence-corrected chi connectivity index (χ3v) is 6.03. The lowest BCUT2D eigenvalue weighted by atomic mass is 9.96. The fourth-order valence-electron chi connectivity index (χ4n) is 4.46. The van der Waals surface area contributed by atoms with Gasteiger partial charge in [-0.25, -0.2) is 9.59 Å². The maximum atomic E-state index is 12.8. The van der Waals surface area contributed by atoms with E-state index < -0.39 is 0 Å². The third kappa shape index (κ3) is 4.75. The zero-order valence-electron chi connectivity index (χ0n) is 17.3. The third-order valence-electron chi connectivity index (χ3n) is 6.03. The average molecular weight is 407 g/mol. The fourth-order valence-corrected chi connectivity index (χ4v) is 4.46. The molecule has 1 fully saturated rings. The fraction of sp³-hybridized carbons (Fsp3) is 0.417. The molecule has 2 amide bonds. The van der Waals surface area contributed by atoms with Crippen molar-refractivity contribution in [3.63, 3.8) is 0 Å². The number of hydrogen-bond donors (Lipinski definition) is 2. The average Bonchev–Trinajstić information content (AvgIpc) is 3.10. The number of fused-ring (bicyclic) bond motifs is 1. The molecule has 1 saturated heterocycles. The lowest BCUT2D eigenvalue weighted by Crippen LogP contribution is -2.49. The highest BCUT2D eigenvalue weighted by molar-refractivity contribution is 5.75. The first-order chi connectivity index (χ1) is 14.7. The topological polar surface area (TPSA) is 70.1 Å². The van der Waals surface area contributed by atoms with Gasteiger partial charge in [-0.05, 0) is 56.2 Å². The number of H-pyrrole nitrogens is 1. The predicted octanol–water partition coefficient (Wildman–Crippen LogP) is 3.92. The summed E-state index contributed by atoms with van der Waals surface area (Å²) >= 11 is 0. The van der Waals surface area contributed by atoms with Crippen molar-refractivity contribution in [3.8, 4) is 0 Å². The molecule has 2 N–H and O–H groups in total. The molecule has 2 aromatic carbocycles. The van der Waals surface area contributed by atoms with Crippen LogP contribution in [0.3, 0.4) is 0 Å². The molecule has 6 heteroatoms. The Hall–Kier alpha value is -3.02. The van der Waals surface area contributed by atoms with E-state index in [9.17, 15) is 9.59 Å². The Morgan fingerprint density at radius 2 is 1.87 bits per heavy atom. The summed E-state index contributed by atoms with van der Waals surface area (Å²) in [6, 6.07) is 18.4. The van der Waals surface area contributed by atoms with Crippen LogP contribution in [0.15, 0.2) is 59.4 Å². The van der Waals surface area contributed by atoms with Crippen molar-refractivity contribution in [2.45, 2.75) is 51.1 Å². The van der Waals surface area contributed by atoms with E-state index in [4.69, 9.17) is 0 Å². The summed E-state index contributed by atoms with van der Waals surface area (Å²) in [6.07, 6.45) is 6.49. The van der Waals surface area contributed by atoms with Gasteiger partial charge >= 0.3 is 11.7 Å². The van der Waals surface area contributed by atoms with Crippen LogP contribution in [-0.4, -0.2) is 39.6 Å². The largest absolute Gasteiger partial charge is 0.336 e. The van der Waals surface area contributed by atoms with E-state index in [2.05, 4.69) is 34.6 Å². The SMILES string of the molecule is O=C(NCCn1c(=O)[nH]c2ccccc21)N1CCCCC1CCCc1ccccc1. The van der Waals surface area contributed by atoms with Gasteiger partial charge < -0.3 is 15.2 Å². The molecule has 1 aliphatic heterocycles. The second-order valence-corrected chi connectivity index (χ2v) is 8.05. The highest BCUT2D eigenvalue weighted by Gasteiger charge is 2.26. The normalized spacial score (nSPS) is 16.7. The number of piperidine rings is 1. The van der Waals surface area contributed by atoms with Crippen molar-refractivity contribution in [1.82, 2.24) is 19.8 Å². The zero-order chi connectivity index (χ0) is 20.8. The zero-order valence-corrected chi connectivity index (χ0v) is 17.3. The number of para-hydroxylation sites is 2. The summed E-state index contributed by atoms with van der Waals surface area (Å²) < 4.78 is 1.68. The van der Waals surface area contributed by atoms with Crippen LogP contribution in [0.4, 0.5) is 4.79 Å². The van der Waals surface area contributed by atoms with Gasteiger partial charge in [-0.15, -0.1) is 0 Å². The number of aromatic nitrogens is 2. The molecule has 0 aliphatic carbocycles. The first-order valence-corrected chi connectivity index (χ1v) is 11.0. The van der Waals surface area contributed by atoms with E-state index in [0.717, 1.165) is 49.7 Å². The molecule has 1 atom stereocenters. The molecule has 1 aliphatic rings. The molecule has 0 bridgehead atoms. The standard InChI is InChI=1S/C24H30N4O2/c29-23(25-16-18-28-22-15-5-4-14-21(22)26-24(28)30)27-17-7-6-12-20(27)13-8-11-19-9-2-1-3-10-19/h1-5,9-10,14-15,20H,6-8,11-13,16-18H2,(H,25,29)(H,26,30). The highest BCUT2D eigenvalue weighted by Crippen LogP contribution is 2.22. The summed E-state index contributed by atoms with van der Waals surface area (Å²) in [5.41, 5.74) is 2.91. The molecule has 0 saturated carbocycles. The smallest absolute Gasteiger partial charge is 0.326 e. The molecular formula is C24H30N4O2. The van der Waals surface area contributed by atoms with Crippen molar-refractivity contribution >= 4 is 17.1 Å². The second-order valence-electron chi connectivity index (χ2n) is 8.05. The van der Waals surface area contributed by atoms with E-state index in [-0.39, 0.29) is 11.7 Å².